The second kappa shape index (κ2) is 4.45. The van der Waals surface area contributed by atoms with E-state index in [-0.39, 0.29) is 0 Å². The van der Waals surface area contributed by atoms with Crippen LogP contribution in [0.2, 0.25) is 0 Å². The van der Waals surface area contributed by atoms with Crippen LogP contribution in [0.4, 0.5) is 5.13 Å². The molecule has 2 heterocycles. The lowest BCUT2D eigenvalue weighted by atomic mass is 9.93. The fourth-order valence-corrected chi connectivity index (χ4v) is 2.91. The Balaban J connectivity index is 2.13. The molecule has 15 heavy (non-hydrogen) atoms. The summed E-state index contributed by atoms with van der Waals surface area (Å²) in [4.78, 5) is 2.32. The molecule has 1 aliphatic heterocycles. The summed E-state index contributed by atoms with van der Waals surface area (Å²) in [6, 6.07) is 0.445. The first-order valence-electron chi connectivity index (χ1n) is 5.47. The van der Waals surface area contributed by atoms with E-state index in [1.807, 2.05) is 6.92 Å². The molecule has 2 rings (SSSR count). The average molecular weight is 226 g/mol. The molecule has 0 bridgehead atoms. The van der Waals surface area contributed by atoms with E-state index >= 15 is 0 Å². The van der Waals surface area contributed by atoms with Crippen LogP contribution in [0.25, 0.3) is 0 Å². The maximum atomic E-state index is 5.81. The highest BCUT2D eigenvalue weighted by molar-refractivity contribution is 7.15. The van der Waals surface area contributed by atoms with Crippen LogP contribution in [0.5, 0.6) is 0 Å². The number of aromatic nitrogens is 2. The lowest BCUT2D eigenvalue weighted by Gasteiger charge is -2.37. The van der Waals surface area contributed by atoms with Crippen molar-refractivity contribution in [3.05, 3.63) is 5.01 Å². The zero-order valence-corrected chi connectivity index (χ0v) is 10.1. The predicted molar refractivity (Wildman–Crippen MR) is 63.2 cm³/mol. The third-order valence-corrected chi connectivity index (χ3v) is 3.89. The zero-order valence-electron chi connectivity index (χ0n) is 9.31. The van der Waals surface area contributed by atoms with E-state index in [4.69, 9.17) is 5.73 Å². The minimum atomic E-state index is 0.445. The van der Waals surface area contributed by atoms with Crippen LogP contribution in [0.1, 0.15) is 24.8 Å². The van der Waals surface area contributed by atoms with Crippen molar-refractivity contribution < 1.29 is 0 Å². The fourth-order valence-electron chi connectivity index (χ4n) is 2.13. The molecule has 0 aromatic carbocycles. The first-order chi connectivity index (χ1) is 7.20. The zero-order chi connectivity index (χ0) is 10.8. The lowest BCUT2D eigenvalue weighted by molar-refractivity contribution is 0.366. The summed E-state index contributed by atoms with van der Waals surface area (Å²) in [6.07, 6.45) is 2.41. The maximum absolute atomic E-state index is 5.81. The molecule has 1 aromatic heterocycles. The van der Waals surface area contributed by atoms with Crippen LogP contribution in [0.15, 0.2) is 0 Å². The Bertz CT molecular complexity index is 325. The van der Waals surface area contributed by atoms with Gasteiger partial charge in [-0.3, -0.25) is 0 Å². The van der Waals surface area contributed by atoms with Crippen LogP contribution in [-0.4, -0.2) is 29.3 Å². The summed E-state index contributed by atoms with van der Waals surface area (Å²) in [5, 5.41) is 10.3. The smallest absolute Gasteiger partial charge is 0.208 e. The summed E-state index contributed by atoms with van der Waals surface area (Å²) < 4.78 is 0. The lowest BCUT2D eigenvalue weighted by Crippen LogP contribution is -2.46. The molecule has 1 fully saturated rings. The van der Waals surface area contributed by atoms with E-state index in [0.717, 1.165) is 22.6 Å². The number of nitrogens with two attached hydrogens (primary N) is 1. The third kappa shape index (κ3) is 2.29. The monoisotopic (exact) mass is 226 g/mol. The average Bonchev–Trinajstić information content (AvgIpc) is 2.64. The summed E-state index contributed by atoms with van der Waals surface area (Å²) in [5.41, 5.74) is 5.81. The van der Waals surface area contributed by atoms with Gasteiger partial charge in [0.05, 0.1) is 0 Å². The maximum Gasteiger partial charge on any atom is 0.208 e. The van der Waals surface area contributed by atoms with Crippen molar-refractivity contribution in [2.45, 2.75) is 32.7 Å². The minimum absolute atomic E-state index is 0.445. The summed E-state index contributed by atoms with van der Waals surface area (Å²) in [7, 11) is 0. The normalized spacial score (nSPS) is 27.0. The van der Waals surface area contributed by atoms with Crippen molar-refractivity contribution >= 4 is 16.5 Å². The fraction of sp³-hybridized carbons (Fsp3) is 0.800. The van der Waals surface area contributed by atoms with Gasteiger partial charge in [0.2, 0.25) is 5.13 Å². The molecular weight excluding hydrogens is 208 g/mol. The molecule has 2 unspecified atom stereocenters. The number of rotatable bonds is 2. The Kier molecular flexibility index (Phi) is 3.21. The van der Waals surface area contributed by atoms with Crippen LogP contribution >= 0.6 is 11.3 Å². The van der Waals surface area contributed by atoms with Crippen LogP contribution in [0, 0.1) is 12.8 Å². The van der Waals surface area contributed by atoms with E-state index in [2.05, 4.69) is 22.0 Å². The highest BCUT2D eigenvalue weighted by atomic mass is 32.1. The third-order valence-electron chi connectivity index (χ3n) is 3.01. The van der Waals surface area contributed by atoms with E-state index in [1.54, 1.807) is 11.3 Å². The van der Waals surface area contributed by atoms with Crippen LogP contribution in [-0.2, 0) is 0 Å². The van der Waals surface area contributed by atoms with Crippen molar-refractivity contribution in [1.82, 2.24) is 10.2 Å². The molecule has 0 spiro atoms. The predicted octanol–water partition coefficient (Wildman–Crippen LogP) is 1.41. The van der Waals surface area contributed by atoms with Gasteiger partial charge in [0.25, 0.3) is 0 Å². The molecule has 1 aliphatic rings. The topological polar surface area (TPSA) is 55.0 Å². The first kappa shape index (κ1) is 10.8. The van der Waals surface area contributed by atoms with Gasteiger partial charge < -0.3 is 10.6 Å². The van der Waals surface area contributed by atoms with Crippen molar-refractivity contribution in [2.75, 3.05) is 18.0 Å². The standard InChI is InChI=1S/C10H18N4S/c1-7-3-4-14(9(5-7)6-11)10-13-12-8(2)15-10/h7,9H,3-6,11H2,1-2H3. The van der Waals surface area contributed by atoms with Crippen molar-refractivity contribution in [3.8, 4) is 0 Å². The number of hydrogen-bond acceptors (Lipinski definition) is 5. The molecular formula is C10H18N4S. The minimum Gasteiger partial charge on any atom is -0.342 e. The van der Waals surface area contributed by atoms with Gasteiger partial charge in [-0.1, -0.05) is 18.3 Å². The van der Waals surface area contributed by atoms with E-state index in [0.29, 0.717) is 12.6 Å². The molecule has 5 heteroatoms. The van der Waals surface area contributed by atoms with E-state index < -0.39 is 0 Å². The Morgan fingerprint density at radius 3 is 2.93 bits per heavy atom. The summed E-state index contributed by atoms with van der Waals surface area (Å²) in [5.74, 6) is 0.781. The molecule has 1 saturated heterocycles. The van der Waals surface area contributed by atoms with Gasteiger partial charge in [-0.2, -0.15) is 0 Å². The van der Waals surface area contributed by atoms with Gasteiger partial charge >= 0.3 is 0 Å². The summed E-state index contributed by atoms with van der Waals surface area (Å²) in [6.45, 7) is 6.07. The Hall–Kier alpha value is -0.680. The van der Waals surface area contributed by atoms with E-state index in [9.17, 15) is 0 Å². The van der Waals surface area contributed by atoms with Gasteiger partial charge in [-0.15, -0.1) is 10.2 Å². The van der Waals surface area contributed by atoms with Gasteiger partial charge in [-0.05, 0) is 25.7 Å². The van der Waals surface area contributed by atoms with Crippen LogP contribution < -0.4 is 10.6 Å². The number of aryl methyl sites for hydroxylation is 1. The van der Waals surface area contributed by atoms with Crippen molar-refractivity contribution in [1.29, 1.82) is 0 Å². The first-order valence-corrected chi connectivity index (χ1v) is 6.29. The van der Waals surface area contributed by atoms with Gasteiger partial charge in [-0.25, -0.2) is 0 Å². The van der Waals surface area contributed by atoms with Gasteiger partial charge in [0.15, 0.2) is 0 Å². The molecule has 0 amide bonds. The molecule has 2 atom stereocenters. The Morgan fingerprint density at radius 2 is 2.33 bits per heavy atom. The number of anilines is 1. The largest absolute Gasteiger partial charge is 0.342 e. The second-order valence-corrected chi connectivity index (χ2v) is 5.48. The highest BCUT2D eigenvalue weighted by Crippen LogP contribution is 2.29. The molecule has 84 valence electrons. The van der Waals surface area contributed by atoms with E-state index in [1.165, 1.54) is 12.8 Å². The Labute approximate surface area is 94.5 Å². The van der Waals surface area contributed by atoms with Crippen molar-refractivity contribution in [3.63, 3.8) is 0 Å². The molecule has 0 radical (unpaired) electrons. The Morgan fingerprint density at radius 1 is 1.53 bits per heavy atom. The molecule has 0 saturated carbocycles. The number of nitrogens with zero attached hydrogens (tertiary/aromatic N) is 3. The second-order valence-electron chi connectivity index (χ2n) is 4.32. The van der Waals surface area contributed by atoms with Gasteiger partial charge in [0.1, 0.15) is 5.01 Å². The van der Waals surface area contributed by atoms with Gasteiger partial charge in [0, 0.05) is 19.1 Å². The number of hydrogen-bond donors (Lipinski definition) is 1. The SMILES string of the molecule is Cc1nnc(N2CCC(C)CC2CN)s1. The van der Waals surface area contributed by atoms with Crippen LogP contribution in [0.3, 0.4) is 0 Å². The highest BCUT2D eigenvalue weighted by Gasteiger charge is 2.27. The molecule has 4 nitrogen and oxygen atoms in total. The summed E-state index contributed by atoms with van der Waals surface area (Å²) >= 11 is 1.66. The number of piperidine rings is 1. The van der Waals surface area contributed by atoms with Crippen molar-refractivity contribution in [2.24, 2.45) is 11.7 Å². The molecule has 0 aliphatic carbocycles. The quantitative estimate of drug-likeness (QED) is 0.828. The molecule has 2 N–H and O–H groups in total. The molecule has 1 aromatic rings.